The number of alkyl halides is 3. The molecule has 2 rings (SSSR count). The van der Waals surface area contributed by atoms with Crippen molar-refractivity contribution in [1.29, 1.82) is 0 Å². The van der Waals surface area contributed by atoms with Crippen LogP contribution in [0.4, 0.5) is 30.5 Å². The number of nitrogens with zero attached hydrogens (tertiary/aromatic N) is 3. The van der Waals surface area contributed by atoms with Crippen molar-refractivity contribution in [3.63, 3.8) is 0 Å². The maximum absolute atomic E-state index is 12.1. The minimum atomic E-state index is -4.50. The summed E-state index contributed by atoms with van der Waals surface area (Å²) in [6.45, 7) is -0.766. The number of aliphatic hydroxyl groups excluding tert-OH is 1. The number of nitrogens with two attached hydrogens (primary N) is 2. The zero-order valence-corrected chi connectivity index (χ0v) is 10.4. The topological polar surface area (TPSA) is 111 Å². The van der Waals surface area contributed by atoms with Crippen LogP contribution in [0.15, 0.2) is 0 Å². The van der Waals surface area contributed by atoms with E-state index in [9.17, 15) is 18.3 Å². The molecule has 0 spiro atoms. The molecule has 1 atom stereocenters. The molecule has 1 aromatic heterocycles. The van der Waals surface area contributed by atoms with Crippen LogP contribution in [0.5, 0.6) is 6.01 Å². The van der Waals surface area contributed by atoms with Crippen LogP contribution in [0, 0.1) is 0 Å². The lowest BCUT2D eigenvalue weighted by Gasteiger charge is -2.20. The Morgan fingerprint density at radius 1 is 1.35 bits per heavy atom. The van der Waals surface area contributed by atoms with Crippen LogP contribution in [0.25, 0.3) is 0 Å². The SMILES string of the molecule is Nc1nc(OCC(F)(F)F)nc(N2CC[C@H](O)C2)c1N. The molecule has 112 valence electrons. The van der Waals surface area contributed by atoms with Gasteiger partial charge in [0.1, 0.15) is 5.69 Å². The average molecular weight is 293 g/mol. The van der Waals surface area contributed by atoms with E-state index in [-0.39, 0.29) is 23.9 Å². The number of ether oxygens (including phenoxy) is 1. The number of hydrogen-bond acceptors (Lipinski definition) is 7. The summed E-state index contributed by atoms with van der Waals surface area (Å²) in [6.07, 6.45) is -4.52. The van der Waals surface area contributed by atoms with Gasteiger partial charge in [-0.25, -0.2) is 0 Å². The molecule has 1 aliphatic heterocycles. The molecule has 0 saturated carbocycles. The fraction of sp³-hybridized carbons (Fsp3) is 0.600. The highest BCUT2D eigenvalue weighted by Crippen LogP contribution is 2.30. The Bertz CT molecular complexity index is 497. The Hall–Kier alpha value is -1.97. The van der Waals surface area contributed by atoms with Crippen LogP contribution in [0.1, 0.15) is 6.42 Å². The second-order valence-electron chi connectivity index (χ2n) is 4.42. The van der Waals surface area contributed by atoms with Gasteiger partial charge in [0.2, 0.25) is 0 Å². The number of halogens is 3. The van der Waals surface area contributed by atoms with Gasteiger partial charge in [0, 0.05) is 13.1 Å². The Labute approximate surface area is 112 Å². The largest absolute Gasteiger partial charge is 0.454 e. The Balaban J connectivity index is 2.21. The molecule has 1 fully saturated rings. The quantitative estimate of drug-likeness (QED) is 0.727. The maximum atomic E-state index is 12.1. The third-order valence-corrected chi connectivity index (χ3v) is 2.76. The number of aliphatic hydroxyl groups is 1. The molecule has 1 aliphatic rings. The second kappa shape index (κ2) is 5.19. The lowest BCUT2D eigenvalue weighted by atomic mass is 10.3. The van der Waals surface area contributed by atoms with Crippen molar-refractivity contribution in [1.82, 2.24) is 9.97 Å². The van der Waals surface area contributed by atoms with Gasteiger partial charge in [0.25, 0.3) is 0 Å². The minimum absolute atomic E-state index is 0.0541. The van der Waals surface area contributed by atoms with Gasteiger partial charge in [-0.2, -0.15) is 23.1 Å². The lowest BCUT2D eigenvalue weighted by Crippen LogP contribution is -2.25. The fourth-order valence-electron chi connectivity index (χ4n) is 1.84. The minimum Gasteiger partial charge on any atom is -0.454 e. The van der Waals surface area contributed by atoms with Crippen molar-refractivity contribution in [2.75, 3.05) is 36.1 Å². The summed E-state index contributed by atoms with van der Waals surface area (Å²) in [4.78, 5) is 9.01. The van der Waals surface area contributed by atoms with Gasteiger partial charge in [-0.1, -0.05) is 0 Å². The van der Waals surface area contributed by atoms with Crippen molar-refractivity contribution >= 4 is 17.3 Å². The van der Waals surface area contributed by atoms with Crippen molar-refractivity contribution in [3.05, 3.63) is 0 Å². The van der Waals surface area contributed by atoms with Crippen LogP contribution in [-0.4, -0.2) is 47.1 Å². The average Bonchev–Trinajstić information content (AvgIpc) is 2.76. The van der Waals surface area contributed by atoms with E-state index in [0.717, 1.165) is 0 Å². The molecular formula is C10H14F3N5O2. The van der Waals surface area contributed by atoms with E-state index in [1.807, 2.05) is 0 Å². The zero-order chi connectivity index (χ0) is 14.9. The number of hydrogen-bond donors (Lipinski definition) is 3. The predicted octanol–water partition coefficient (Wildman–Crippen LogP) is 0.153. The van der Waals surface area contributed by atoms with Gasteiger partial charge >= 0.3 is 12.2 Å². The number of β-amino-alcohol motifs (C(OH)–C–C–N with tert-alkyl or cyclic N) is 1. The molecule has 0 unspecified atom stereocenters. The summed E-state index contributed by atoms with van der Waals surface area (Å²) in [5, 5.41) is 9.46. The van der Waals surface area contributed by atoms with Crippen molar-refractivity contribution in [3.8, 4) is 6.01 Å². The van der Waals surface area contributed by atoms with Gasteiger partial charge in [0.15, 0.2) is 18.2 Å². The van der Waals surface area contributed by atoms with Gasteiger partial charge in [-0.15, -0.1) is 0 Å². The summed E-state index contributed by atoms with van der Waals surface area (Å²) in [6, 6.07) is -0.495. The number of anilines is 3. The van der Waals surface area contributed by atoms with Gasteiger partial charge < -0.3 is 26.2 Å². The summed E-state index contributed by atoms with van der Waals surface area (Å²) < 4.78 is 40.7. The Morgan fingerprint density at radius 2 is 2.05 bits per heavy atom. The van der Waals surface area contributed by atoms with E-state index in [1.165, 1.54) is 0 Å². The third kappa shape index (κ3) is 3.32. The molecule has 5 N–H and O–H groups in total. The zero-order valence-electron chi connectivity index (χ0n) is 10.4. The number of aromatic nitrogens is 2. The van der Waals surface area contributed by atoms with Crippen molar-refractivity contribution < 1.29 is 23.0 Å². The monoisotopic (exact) mass is 293 g/mol. The highest BCUT2D eigenvalue weighted by Gasteiger charge is 2.30. The maximum Gasteiger partial charge on any atom is 0.422 e. The van der Waals surface area contributed by atoms with E-state index < -0.39 is 24.9 Å². The van der Waals surface area contributed by atoms with Gasteiger partial charge in [0.05, 0.1) is 6.10 Å². The molecule has 0 aromatic carbocycles. The van der Waals surface area contributed by atoms with Crippen LogP contribution < -0.4 is 21.1 Å². The molecule has 20 heavy (non-hydrogen) atoms. The molecule has 10 heteroatoms. The third-order valence-electron chi connectivity index (χ3n) is 2.76. The summed E-state index contributed by atoms with van der Waals surface area (Å²) >= 11 is 0. The molecule has 0 radical (unpaired) electrons. The van der Waals surface area contributed by atoms with Gasteiger partial charge in [-0.3, -0.25) is 0 Å². The fourth-order valence-corrected chi connectivity index (χ4v) is 1.84. The molecular weight excluding hydrogens is 279 g/mol. The Morgan fingerprint density at radius 3 is 2.60 bits per heavy atom. The predicted molar refractivity (Wildman–Crippen MR) is 65.2 cm³/mol. The standard InChI is InChI=1S/C10H14F3N5O2/c11-10(12,13)4-20-9-16-7(15)6(14)8(17-9)18-2-1-5(19)3-18/h5,19H,1-4,14H2,(H2,15,16,17)/t5-/m0/s1. The lowest BCUT2D eigenvalue weighted by molar-refractivity contribution is -0.154. The summed E-state index contributed by atoms with van der Waals surface area (Å²) in [7, 11) is 0. The highest BCUT2D eigenvalue weighted by molar-refractivity contribution is 5.74. The summed E-state index contributed by atoms with van der Waals surface area (Å²) in [5.41, 5.74) is 11.3. The van der Waals surface area contributed by atoms with Crippen molar-refractivity contribution in [2.24, 2.45) is 0 Å². The first kappa shape index (κ1) is 14.4. The highest BCUT2D eigenvalue weighted by atomic mass is 19.4. The molecule has 1 aromatic rings. The Kier molecular flexibility index (Phi) is 3.75. The molecule has 2 heterocycles. The number of nitrogen functional groups attached to an aromatic ring is 2. The van der Waals surface area contributed by atoms with Crippen LogP contribution in [-0.2, 0) is 0 Å². The van der Waals surface area contributed by atoms with Crippen LogP contribution in [0.2, 0.25) is 0 Å². The second-order valence-corrected chi connectivity index (χ2v) is 4.42. The van der Waals surface area contributed by atoms with Crippen LogP contribution >= 0.6 is 0 Å². The first-order valence-corrected chi connectivity index (χ1v) is 5.82. The first-order chi connectivity index (χ1) is 9.26. The first-order valence-electron chi connectivity index (χ1n) is 5.82. The van der Waals surface area contributed by atoms with Crippen molar-refractivity contribution in [2.45, 2.75) is 18.7 Å². The molecule has 1 saturated heterocycles. The van der Waals surface area contributed by atoms with E-state index >= 15 is 0 Å². The van der Waals surface area contributed by atoms with Gasteiger partial charge in [-0.05, 0) is 6.42 Å². The molecule has 0 aliphatic carbocycles. The molecule has 0 bridgehead atoms. The summed E-state index contributed by atoms with van der Waals surface area (Å²) in [5.74, 6) is 0.0137. The van der Waals surface area contributed by atoms with Crippen LogP contribution in [0.3, 0.4) is 0 Å². The van der Waals surface area contributed by atoms with E-state index in [1.54, 1.807) is 4.90 Å². The molecule has 7 nitrogen and oxygen atoms in total. The molecule has 0 amide bonds. The van der Waals surface area contributed by atoms with E-state index in [2.05, 4.69) is 14.7 Å². The van der Waals surface area contributed by atoms with E-state index in [0.29, 0.717) is 13.0 Å². The normalized spacial score (nSPS) is 19.4. The number of rotatable bonds is 3. The van der Waals surface area contributed by atoms with E-state index in [4.69, 9.17) is 11.5 Å². The smallest absolute Gasteiger partial charge is 0.422 e.